The molecular weight excluding hydrogens is 354 g/mol. The Bertz CT molecular complexity index is 837. The van der Waals surface area contributed by atoms with Crippen LogP contribution in [0.15, 0.2) is 53.6 Å². The summed E-state index contributed by atoms with van der Waals surface area (Å²) in [6, 6.07) is 15.1. The van der Waals surface area contributed by atoms with Crippen LogP contribution in [0.3, 0.4) is 0 Å². The fraction of sp³-hybridized carbons (Fsp3) is 0.318. The second kappa shape index (κ2) is 9.69. The van der Waals surface area contributed by atoms with Gasteiger partial charge in [-0.3, -0.25) is 9.59 Å². The molecule has 0 aliphatic rings. The Hall–Kier alpha value is -3.15. The predicted molar refractivity (Wildman–Crippen MR) is 112 cm³/mol. The van der Waals surface area contributed by atoms with Gasteiger partial charge in [-0.1, -0.05) is 57.2 Å². The number of nitrogens with zero attached hydrogens (tertiary/aromatic N) is 1. The van der Waals surface area contributed by atoms with Crippen molar-refractivity contribution in [1.29, 1.82) is 0 Å². The number of nitrogens with one attached hydrogen (secondary N) is 2. The molecule has 0 aliphatic heterocycles. The van der Waals surface area contributed by atoms with E-state index in [-0.39, 0.29) is 30.1 Å². The number of methoxy groups -OCH3 is 1. The number of ether oxygens (including phenoxy) is 1. The lowest BCUT2D eigenvalue weighted by molar-refractivity contribution is -0.124. The lowest BCUT2D eigenvalue weighted by Crippen LogP contribution is -2.20. The zero-order chi connectivity index (χ0) is 20.6. The van der Waals surface area contributed by atoms with Gasteiger partial charge in [0.25, 0.3) is 0 Å². The number of hydrogen-bond donors (Lipinski definition) is 2. The summed E-state index contributed by atoms with van der Waals surface area (Å²) in [4.78, 5) is 23.9. The molecule has 0 spiro atoms. The van der Waals surface area contributed by atoms with Crippen molar-refractivity contribution in [3.8, 4) is 5.75 Å². The van der Waals surface area contributed by atoms with Crippen molar-refractivity contribution in [3.63, 3.8) is 0 Å². The van der Waals surface area contributed by atoms with E-state index in [1.165, 1.54) is 12.7 Å². The number of amides is 2. The highest BCUT2D eigenvalue weighted by Crippen LogP contribution is 2.23. The van der Waals surface area contributed by atoms with Crippen molar-refractivity contribution in [3.05, 3.63) is 59.7 Å². The van der Waals surface area contributed by atoms with Gasteiger partial charge in [0.15, 0.2) is 0 Å². The predicted octanol–water partition coefficient (Wildman–Crippen LogP) is 3.86. The molecule has 2 aromatic carbocycles. The summed E-state index contributed by atoms with van der Waals surface area (Å²) in [7, 11) is 1.53. The maximum atomic E-state index is 12.0. The molecular formula is C22H27N3O3. The smallest absolute Gasteiger partial charge is 0.240 e. The third-order valence-electron chi connectivity index (χ3n) is 4.14. The van der Waals surface area contributed by atoms with Crippen LogP contribution in [0.25, 0.3) is 0 Å². The first-order valence-electron chi connectivity index (χ1n) is 9.15. The van der Waals surface area contributed by atoms with Crippen LogP contribution in [0.1, 0.15) is 44.7 Å². The van der Waals surface area contributed by atoms with Gasteiger partial charge in [0.05, 0.1) is 19.0 Å². The highest BCUT2D eigenvalue weighted by molar-refractivity contribution is 5.94. The van der Waals surface area contributed by atoms with Crippen LogP contribution in [-0.4, -0.2) is 25.1 Å². The zero-order valence-electron chi connectivity index (χ0n) is 16.8. The molecule has 2 N–H and O–H groups in total. The highest BCUT2D eigenvalue weighted by Gasteiger charge is 2.12. The van der Waals surface area contributed by atoms with Crippen molar-refractivity contribution in [1.82, 2.24) is 5.43 Å². The van der Waals surface area contributed by atoms with Crippen LogP contribution in [0.5, 0.6) is 5.75 Å². The quantitative estimate of drug-likeness (QED) is 0.564. The van der Waals surface area contributed by atoms with E-state index in [0.717, 1.165) is 5.56 Å². The normalized spacial score (nSPS) is 11.3. The summed E-state index contributed by atoms with van der Waals surface area (Å²) in [5.74, 6) is -0.0125. The summed E-state index contributed by atoms with van der Waals surface area (Å²) in [6.07, 6.45) is 1.68. The van der Waals surface area contributed by atoms with Crippen LogP contribution in [0, 0.1) is 0 Å². The molecule has 0 saturated carbocycles. The molecule has 0 fully saturated rings. The molecule has 6 heteroatoms. The summed E-state index contributed by atoms with van der Waals surface area (Å²) >= 11 is 0. The third-order valence-corrected chi connectivity index (χ3v) is 4.14. The first kappa shape index (κ1) is 21.2. The van der Waals surface area contributed by atoms with Crippen LogP contribution in [0.4, 0.5) is 5.69 Å². The monoisotopic (exact) mass is 381 g/mol. The van der Waals surface area contributed by atoms with Gasteiger partial charge in [-0.15, -0.1) is 0 Å². The molecule has 0 aliphatic carbocycles. The Morgan fingerprint density at radius 3 is 2.29 bits per heavy atom. The van der Waals surface area contributed by atoms with Crippen LogP contribution < -0.4 is 15.5 Å². The van der Waals surface area contributed by atoms with Crippen LogP contribution in [0.2, 0.25) is 0 Å². The Balaban J connectivity index is 1.77. The van der Waals surface area contributed by atoms with E-state index in [9.17, 15) is 9.59 Å². The van der Waals surface area contributed by atoms with Gasteiger partial charge in [0.1, 0.15) is 5.75 Å². The maximum absolute atomic E-state index is 12.0. The summed E-state index contributed by atoms with van der Waals surface area (Å²) < 4.78 is 5.18. The summed E-state index contributed by atoms with van der Waals surface area (Å²) in [5.41, 5.74) is 5.23. The van der Waals surface area contributed by atoms with Gasteiger partial charge in [-0.2, -0.15) is 5.10 Å². The third kappa shape index (κ3) is 6.54. The number of para-hydroxylation sites is 2. The number of hydrogen-bond acceptors (Lipinski definition) is 4. The number of rotatable bonds is 7. The van der Waals surface area contributed by atoms with Gasteiger partial charge in [0, 0.05) is 12.8 Å². The van der Waals surface area contributed by atoms with Gasteiger partial charge in [-0.25, -0.2) is 5.43 Å². The van der Waals surface area contributed by atoms with Crippen LogP contribution in [-0.2, 0) is 15.0 Å². The van der Waals surface area contributed by atoms with E-state index in [2.05, 4.69) is 36.6 Å². The molecule has 0 bridgehead atoms. The molecule has 2 amide bonds. The maximum Gasteiger partial charge on any atom is 0.240 e. The first-order valence-corrected chi connectivity index (χ1v) is 9.15. The number of carbonyl (C=O) groups is 2. The molecule has 148 valence electrons. The topological polar surface area (TPSA) is 79.8 Å². The zero-order valence-corrected chi connectivity index (χ0v) is 16.8. The minimum atomic E-state index is -0.322. The molecule has 0 radical (unpaired) electrons. The Morgan fingerprint density at radius 2 is 1.64 bits per heavy atom. The largest absolute Gasteiger partial charge is 0.495 e. The van der Waals surface area contributed by atoms with E-state index in [0.29, 0.717) is 11.4 Å². The van der Waals surface area contributed by atoms with Crippen molar-refractivity contribution in [2.75, 3.05) is 12.4 Å². The molecule has 0 atom stereocenters. The van der Waals surface area contributed by atoms with E-state index in [1.807, 2.05) is 30.3 Å². The second-order valence-electron chi connectivity index (χ2n) is 7.41. The molecule has 6 nitrogen and oxygen atoms in total. The lowest BCUT2D eigenvalue weighted by Gasteiger charge is -2.18. The van der Waals surface area contributed by atoms with E-state index in [4.69, 9.17) is 4.74 Å². The lowest BCUT2D eigenvalue weighted by atomic mass is 9.87. The minimum absolute atomic E-state index is 0.0429. The van der Waals surface area contributed by atoms with Crippen LogP contribution >= 0.6 is 0 Å². The molecule has 0 unspecified atom stereocenters. The molecule has 0 heterocycles. The summed E-state index contributed by atoms with van der Waals surface area (Å²) in [5, 5.41) is 6.68. The fourth-order valence-electron chi connectivity index (χ4n) is 2.49. The molecule has 0 saturated heterocycles. The first-order chi connectivity index (χ1) is 13.3. The van der Waals surface area contributed by atoms with Gasteiger partial charge >= 0.3 is 0 Å². The van der Waals surface area contributed by atoms with Gasteiger partial charge in [-0.05, 0) is 28.7 Å². The van der Waals surface area contributed by atoms with Crippen molar-refractivity contribution in [2.24, 2.45) is 5.10 Å². The van der Waals surface area contributed by atoms with Gasteiger partial charge < -0.3 is 10.1 Å². The number of anilines is 1. The Labute approximate surface area is 166 Å². The Morgan fingerprint density at radius 1 is 1.00 bits per heavy atom. The SMILES string of the molecule is COc1ccccc1NC(=O)CCC(=O)NN=Cc1ccc(C(C)(C)C)cc1. The minimum Gasteiger partial charge on any atom is -0.495 e. The molecule has 2 rings (SSSR count). The number of carbonyl (C=O) groups excluding carboxylic acids is 2. The van der Waals surface area contributed by atoms with Crippen molar-refractivity contribution < 1.29 is 14.3 Å². The second-order valence-corrected chi connectivity index (χ2v) is 7.41. The number of benzene rings is 2. The molecule has 28 heavy (non-hydrogen) atoms. The summed E-state index contributed by atoms with van der Waals surface area (Å²) in [6.45, 7) is 6.46. The standard InChI is InChI=1S/C22H27N3O3/c1-22(2,3)17-11-9-16(10-12-17)15-23-25-21(27)14-13-20(26)24-18-7-5-6-8-19(18)28-4/h5-12,15H,13-14H2,1-4H3,(H,24,26)(H,25,27). The average Bonchev–Trinajstić information content (AvgIpc) is 2.66. The number of hydrazone groups is 1. The van der Waals surface area contributed by atoms with Crippen molar-refractivity contribution in [2.45, 2.75) is 39.0 Å². The average molecular weight is 381 g/mol. The van der Waals surface area contributed by atoms with E-state index < -0.39 is 0 Å². The van der Waals surface area contributed by atoms with Gasteiger partial charge in [0.2, 0.25) is 11.8 Å². The van der Waals surface area contributed by atoms with E-state index >= 15 is 0 Å². The molecule has 2 aromatic rings. The van der Waals surface area contributed by atoms with E-state index in [1.54, 1.807) is 24.4 Å². The fourth-order valence-corrected chi connectivity index (χ4v) is 2.49. The van der Waals surface area contributed by atoms with Crippen molar-refractivity contribution >= 4 is 23.7 Å². The Kier molecular flexibility index (Phi) is 7.32. The highest BCUT2D eigenvalue weighted by atomic mass is 16.5. The molecule has 0 aromatic heterocycles.